The van der Waals surface area contributed by atoms with E-state index in [9.17, 15) is 13.6 Å². The van der Waals surface area contributed by atoms with E-state index in [0.717, 1.165) is 6.07 Å². The number of aromatic nitrogens is 1. The first kappa shape index (κ1) is 14.0. The van der Waals surface area contributed by atoms with Crippen molar-refractivity contribution in [2.24, 2.45) is 5.73 Å². The molecule has 1 aromatic heterocycles. The Morgan fingerprint density at radius 3 is 2.76 bits per heavy atom. The van der Waals surface area contributed by atoms with Crippen molar-refractivity contribution in [3.63, 3.8) is 0 Å². The second-order valence-corrected chi connectivity index (χ2v) is 3.84. The molecule has 0 bridgehead atoms. The summed E-state index contributed by atoms with van der Waals surface area (Å²) in [6.07, 6.45) is -2.76. The predicted molar refractivity (Wildman–Crippen MR) is 60.7 cm³/mol. The van der Waals surface area contributed by atoms with E-state index >= 15 is 0 Å². The Labute approximate surface area is 105 Å². The molecule has 4 nitrogen and oxygen atoms in total. The van der Waals surface area contributed by atoms with E-state index in [1.807, 2.05) is 0 Å². The zero-order chi connectivity index (χ0) is 13.0. The van der Waals surface area contributed by atoms with E-state index < -0.39 is 18.1 Å². The van der Waals surface area contributed by atoms with Gasteiger partial charge in [0.1, 0.15) is 10.3 Å². The van der Waals surface area contributed by atoms with Gasteiger partial charge in [-0.3, -0.25) is 0 Å². The zero-order valence-corrected chi connectivity index (χ0v) is 10.6. The quantitative estimate of drug-likeness (QED) is 0.685. The molecule has 0 spiro atoms. The molecule has 0 atom stereocenters. The number of halogens is 3. The third-order valence-electron chi connectivity index (χ3n) is 2.02. The van der Waals surface area contributed by atoms with Gasteiger partial charge in [0.15, 0.2) is 0 Å². The number of rotatable bonds is 4. The maximum absolute atomic E-state index is 12.5. The third kappa shape index (κ3) is 3.19. The molecule has 0 aliphatic carbocycles. The summed E-state index contributed by atoms with van der Waals surface area (Å²) in [6, 6.07) is 1.01. The first-order chi connectivity index (χ1) is 8.01. The monoisotopic (exact) mass is 308 g/mol. The van der Waals surface area contributed by atoms with Crippen LogP contribution >= 0.6 is 15.9 Å². The molecule has 0 unspecified atom stereocenters. The van der Waals surface area contributed by atoms with Gasteiger partial charge in [0.05, 0.1) is 12.2 Å². The number of hydrogen-bond acceptors (Lipinski definition) is 4. The minimum absolute atomic E-state index is 0.00521. The molecule has 94 valence electrons. The minimum atomic E-state index is -2.76. The molecule has 0 aliphatic rings. The summed E-state index contributed by atoms with van der Waals surface area (Å²) >= 11 is 3.01. The number of nitrogens with zero attached hydrogens (tertiary/aromatic N) is 1. The summed E-state index contributed by atoms with van der Waals surface area (Å²) in [5, 5.41) is 0. The molecule has 1 rings (SSSR count). The van der Waals surface area contributed by atoms with Crippen molar-refractivity contribution in [1.82, 2.24) is 4.98 Å². The molecule has 7 heteroatoms. The third-order valence-corrected chi connectivity index (χ3v) is 2.67. The lowest BCUT2D eigenvalue weighted by Gasteiger charge is -2.10. The molecule has 0 aromatic carbocycles. The van der Waals surface area contributed by atoms with Crippen LogP contribution in [0.2, 0.25) is 0 Å². The highest BCUT2D eigenvalue weighted by molar-refractivity contribution is 9.10. The van der Waals surface area contributed by atoms with Gasteiger partial charge in [0, 0.05) is 12.1 Å². The summed E-state index contributed by atoms with van der Waals surface area (Å²) in [7, 11) is 0. The Hall–Kier alpha value is -1.08. The number of ether oxygens (including phenoxy) is 1. The van der Waals surface area contributed by atoms with Crippen LogP contribution in [0.1, 0.15) is 35.0 Å². The van der Waals surface area contributed by atoms with Crippen LogP contribution in [0.25, 0.3) is 0 Å². The van der Waals surface area contributed by atoms with E-state index in [2.05, 4.69) is 20.9 Å². The van der Waals surface area contributed by atoms with Crippen molar-refractivity contribution < 1.29 is 18.3 Å². The van der Waals surface area contributed by atoms with Crippen LogP contribution in [-0.4, -0.2) is 17.6 Å². The maximum Gasteiger partial charge on any atom is 0.338 e. The van der Waals surface area contributed by atoms with E-state index in [4.69, 9.17) is 10.5 Å². The Kier molecular flexibility index (Phi) is 4.95. The Morgan fingerprint density at radius 1 is 1.65 bits per heavy atom. The summed E-state index contributed by atoms with van der Waals surface area (Å²) in [5.74, 6) is -0.682. The molecule has 1 heterocycles. The van der Waals surface area contributed by atoms with Gasteiger partial charge in [-0.05, 0) is 28.9 Å². The molecule has 17 heavy (non-hydrogen) atoms. The molecule has 2 N–H and O–H groups in total. The predicted octanol–water partition coefficient (Wildman–Crippen LogP) is 2.42. The van der Waals surface area contributed by atoms with Gasteiger partial charge in [-0.2, -0.15) is 0 Å². The van der Waals surface area contributed by atoms with Crippen LogP contribution in [0, 0.1) is 0 Å². The van der Waals surface area contributed by atoms with Crippen molar-refractivity contribution >= 4 is 21.9 Å². The number of nitrogens with two attached hydrogens (primary N) is 1. The van der Waals surface area contributed by atoms with Gasteiger partial charge >= 0.3 is 5.97 Å². The molecule has 0 saturated carbocycles. The molecule has 0 aliphatic heterocycles. The van der Waals surface area contributed by atoms with E-state index in [-0.39, 0.29) is 23.3 Å². The number of alkyl halides is 2. The highest BCUT2D eigenvalue weighted by Crippen LogP contribution is 2.25. The van der Waals surface area contributed by atoms with Gasteiger partial charge in [-0.1, -0.05) is 0 Å². The topological polar surface area (TPSA) is 65.2 Å². The lowest BCUT2D eigenvalue weighted by Crippen LogP contribution is -2.13. The average molecular weight is 309 g/mol. The lowest BCUT2D eigenvalue weighted by atomic mass is 10.1. The standard InChI is InChI=1S/C10H11BrF2N2O2/c1-2-17-10(16)5-3-7(9(12)13)15-8(11)6(5)4-14/h3,9H,2,4,14H2,1H3. The fraction of sp³-hybridized carbons (Fsp3) is 0.400. The minimum Gasteiger partial charge on any atom is -0.462 e. The smallest absolute Gasteiger partial charge is 0.338 e. The van der Waals surface area contributed by atoms with Crippen LogP contribution < -0.4 is 5.73 Å². The molecule has 1 aromatic rings. The van der Waals surface area contributed by atoms with E-state index in [1.165, 1.54) is 0 Å². The maximum atomic E-state index is 12.5. The second kappa shape index (κ2) is 6.02. The van der Waals surface area contributed by atoms with Gasteiger partial charge in [-0.25, -0.2) is 18.6 Å². The molecule has 0 amide bonds. The Balaban J connectivity index is 3.28. The van der Waals surface area contributed by atoms with Crippen molar-refractivity contribution in [2.75, 3.05) is 6.61 Å². The first-order valence-corrected chi connectivity index (χ1v) is 5.65. The lowest BCUT2D eigenvalue weighted by molar-refractivity contribution is 0.0524. The fourth-order valence-corrected chi connectivity index (χ4v) is 1.84. The fourth-order valence-electron chi connectivity index (χ4n) is 1.26. The largest absolute Gasteiger partial charge is 0.462 e. The normalized spacial score (nSPS) is 10.7. The van der Waals surface area contributed by atoms with Crippen molar-refractivity contribution in [2.45, 2.75) is 19.9 Å². The average Bonchev–Trinajstić information content (AvgIpc) is 2.28. The second-order valence-electron chi connectivity index (χ2n) is 3.09. The van der Waals surface area contributed by atoms with Crippen LogP contribution in [-0.2, 0) is 11.3 Å². The van der Waals surface area contributed by atoms with E-state index in [1.54, 1.807) is 6.92 Å². The van der Waals surface area contributed by atoms with Gasteiger partial charge in [0.2, 0.25) is 0 Å². The van der Waals surface area contributed by atoms with E-state index in [0.29, 0.717) is 5.56 Å². The number of esters is 1. The molecule has 0 fully saturated rings. The van der Waals surface area contributed by atoms with Crippen molar-refractivity contribution in [3.05, 3.63) is 27.5 Å². The number of hydrogen-bond donors (Lipinski definition) is 1. The van der Waals surface area contributed by atoms with Crippen LogP contribution in [0.15, 0.2) is 10.7 Å². The van der Waals surface area contributed by atoms with Gasteiger partial charge in [0.25, 0.3) is 6.43 Å². The van der Waals surface area contributed by atoms with Gasteiger partial charge in [-0.15, -0.1) is 0 Å². The molecule has 0 radical (unpaired) electrons. The number of carbonyl (C=O) groups is 1. The Bertz CT molecular complexity index is 427. The molecule has 0 saturated heterocycles. The highest BCUT2D eigenvalue weighted by Gasteiger charge is 2.20. The number of carbonyl (C=O) groups excluding carboxylic acids is 1. The first-order valence-electron chi connectivity index (χ1n) is 4.85. The number of pyridine rings is 1. The molecular weight excluding hydrogens is 298 g/mol. The van der Waals surface area contributed by atoms with Gasteiger partial charge < -0.3 is 10.5 Å². The van der Waals surface area contributed by atoms with Crippen LogP contribution in [0.3, 0.4) is 0 Å². The van der Waals surface area contributed by atoms with Crippen LogP contribution in [0.4, 0.5) is 8.78 Å². The Morgan fingerprint density at radius 2 is 2.29 bits per heavy atom. The van der Waals surface area contributed by atoms with Crippen LogP contribution in [0.5, 0.6) is 0 Å². The summed E-state index contributed by atoms with van der Waals surface area (Å²) in [6.45, 7) is 1.79. The summed E-state index contributed by atoms with van der Waals surface area (Å²) in [5.41, 5.74) is 5.33. The summed E-state index contributed by atoms with van der Waals surface area (Å²) < 4.78 is 30.0. The highest BCUT2D eigenvalue weighted by atomic mass is 79.9. The summed E-state index contributed by atoms with van der Waals surface area (Å²) in [4.78, 5) is 15.2. The molecular formula is C10H11BrF2N2O2. The SMILES string of the molecule is CCOC(=O)c1cc(C(F)F)nc(Br)c1CN. The van der Waals surface area contributed by atoms with Crippen molar-refractivity contribution in [1.29, 1.82) is 0 Å². The zero-order valence-electron chi connectivity index (χ0n) is 9.04. The van der Waals surface area contributed by atoms with Crippen molar-refractivity contribution in [3.8, 4) is 0 Å².